The molecular weight excluding hydrogens is 56.0 g/mol. The lowest BCUT2D eigenvalue weighted by Crippen LogP contribution is -1.41. The maximum atomic E-state index is 4.12. The first-order valence-electron chi connectivity index (χ1n) is 1.07. The smallest absolute Gasteiger partial charge is 0.189 e. The highest BCUT2D eigenvalue weighted by Crippen LogP contribution is 2.18. The van der Waals surface area contributed by atoms with Crippen LogP contribution in [0.25, 0.3) is 0 Å². The van der Waals surface area contributed by atoms with Crippen LogP contribution in [0.5, 0.6) is 0 Å². The van der Waals surface area contributed by atoms with Gasteiger partial charge in [-0.3, -0.25) is 0 Å². The topological polar surface area (TPSA) is 25.1 Å². The fourth-order valence-corrected chi connectivity index (χ4v) is 0.0417. The number of hydrogen-bond donors (Lipinski definition) is 0. The second-order valence-electron chi connectivity index (χ2n) is 0.658. The molecule has 0 atom stereocenters. The third kappa shape index (κ3) is 0.191. The molecule has 0 amide bonds. The summed E-state index contributed by atoms with van der Waals surface area (Å²) in [5.74, 6) is 0. The first-order valence-corrected chi connectivity index (χ1v) is 1.07. The summed E-state index contributed by atoms with van der Waals surface area (Å²) in [6.07, 6.45) is 0.667. The molecule has 2 nitrogen and oxygen atoms in total. The SMILES string of the molecule is C[C]1OO1. The van der Waals surface area contributed by atoms with Crippen LogP contribution < -0.4 is 0 Å². The summed E-state index contributed by atoms with van der Waals surface area (Å²) in [6.45, 7) is 1.75. The van der Waals surface area contributed by atoms with Gasteiger partial charge in [0.15, 0.2) is 0 Å². The molecule has 2 heteroatoms. The highest BCUT2D eigenvalue weighted by Gasteiger charge is 2.19. The van der Waals surface area contributed by atoms with Gasteiger partial charge in [-0.25, -0.2) is 0 Å². The van der Waals surface area contributed by atoms with Crippen LogP contribution in [-0.2, 0) is 9.78 Å². The van der Waals surface area contributed by atoms with Gasteiger partial charge in [-0.15, -0.1) is 0 Å². The average Bonchev–Trinajstić information content (AvgIpc) is 1.75. The van der Waals surface area contributed by atoms with Crippen LogP contribution >= 0.6 is 0 Å². The Balaban J connectivity index is 2.17. The van der Waals surface area contributed by atoms with Gasteiger partial charge in [-0.2, -0.15) is 9.78 Å². The van der Waals surface area contributed by atoms with Crippen LogP contribution in [0, 0.1) is 6.29 Å². The summed E-state index contributed by atoms with van der Waals surface area (Å²) in [6, 6.07) is 0. The van der Waals surface area contributed by atoms with Crippen LogP contribution in [-0.4, -0.2) is 0 Å². The van der Waals surface area contributed by atoms with Crippen molar-refractivity contribution in [2.75, 3.05) is 0 Å². The zero-order valence-electron chi connectivity index (χ0n) is 2.32. The van der Waals surface area contributed by atoms with Crippen LogP contribution in [0.4, 0.5) is 0 Å². The van der Waals surface area contributed by atoms with E-state index in [0.717, 1.165) is 0 Å². The van der Waals surface area contributed by atoms with E-state index in [1.54, 1.807) is 6.92 Å². The lowest BCUT2D eigenvalue weighted by molar-refractivity contribution is 0.0850. The molecule has 1 rings (SSSR count). The summed E-state index contributed by atoms with van der Waals surface area (Å²) in [4.78, 5) is 8.25. The largest absolute Gasteiger partial charge is 0.289 e. The Morgan fingerprint density at radius 2 is 1.75 bits per heavy atom. The second-order valence-corrected chi connectivity index (χ2v) is 0.658. The van der Waals surface area contributed by atoms with Gasteiger partial charge >= 0.3 is 0 Å². The minimum atomic E-state index is 0.667. The predicted octanol–water partition coefficient (Wildman–Crippen LogP) is 0.458. The predicted molar refractivity (Wildman–Crippen MR) is 11.1 cm³/mol. The van der Waals surface area contributed by atoms with Gasteiger partial charge in [-0.1, -0.05) is 0 Å². The van der Waals surface area contributed by atoms with Crippen LogP contribution in [0.2, 0.25) is 0 Å². The normalized spacial score (nSPS) is 26.2. The molecule has 1 fully saturated rings. The minimum Gasteiger partial charge on any atom is -0.189 e. The third-order valence-corrected chi connectivity index (χ3v) is 0.250. The number of rotatable bonds is 0. The molecule has 0 aromatic heterocycles. The molecule has 0 aromatic carbocycles. The molecule has 0 N–H and O–H groups in total. The van der Waals surface area contributed by atoms with Gasteiger partial charge in [0.25, 0.3) is 6.29 Å². The molecule has 23 valence electrons. The van der Waals surface area contributed by atoms with Crippen molar-refractivity contribution in [1.29, 1.82) is 0 Å². The molecule has 1 aliphatic rings. The van der Waals surface area contributed by atoms with E-state index < -0.39 is 0 Å². The average molecular weight is 59.0 g/mol. The molecule has 0 aromatic rings. The fourth-order valence-electron chi connectivity index (χ4n) is 0.0417. The Hall–Kier alpha value is -0.0800. The van der Waals surface area contributed by atoms with E-state index in [4.69, 9.17) is 0 Å². The summed E-state index contributed by atoms with van der Waals surface area (Å²) in [7, 11) is 0. The van der Waals surface area contributed by atoms with Crippen LogP contribution in [0.15, 0.2) is 0 Å². The van der Waals surface area contributed by atoms with E-state index in [1.165, 1.54) is 0 Å². The van der Waals surface area contributed by atoms with E-state index in [9.17, 15) is 0 Å². The first kappa shape index (κ1) is 2.18. The molecule has 4 heavy (non-hydrogen) atoms. The second kappa shape index (κ2) is 0.445. The standard InChI is InChI=1S/C2H3O2/c1-2-3-4-2/h1H3. The maximum Gasteiger partial charge on any atom is 0.289 e. The van der Waals surface area contributed by atoms with E-state index in [0.29, 0.717) is 6.29 Å². The van der Waals surface area contributed by atoms with E-state index in [-0.39, 0.29) is 0 Å². The Morgan fingerprint density at radius 1 is 1.50 bits per heavy atom. The first-order chi connectivity index (χ1) is 1.89. The van der Waals surface area contributed by atoms with Crippen molar-refractivity contribution in [3.05, 3.63) is 6.29 Å². The third-order valence-electron chi connectivity index (χ3n) is 0.250. The van der Waals surface area contributed by atoms with Gasteiger partial charge in [0.05, 0.1) is 0 Å². The Bertz CT molecular complexity index is 23.2. The van der Waals surface area contributed by atoms with Crippen LogP contribution in [0.1, 0.15) is 6.92 Å². The van der Waals surface area contributed by atoms with Gasteiger partial charge in [0, 0.05) is 6.92 Å². The maximum absolute atomic E-state index is 4.12. The highest BCUT2D eigenvalue weighted by molar-refractivity contribution is 4.55. The van der Waals surface area contributed by atoms with Crippen molar-refractivity contribution in [1.82, 2.24) is 0 Å². The molecule has 0 spiro atoms. The molecule has 1 saturated heterocycles. The van der Waals surface area contributed by atoms with Crippen molar-refractivity contribution in [3.63, 3.8) is 0 Å². The molecular formula is C2H3O2. The number of hydrogen-bond acceptors (Lipinski definition) is 2. The summed E-state index contributed by atoms with van der Waals surface area (Å²) >= 11 is 0. The summed E-state index contributed by atoms with van der Waals surface area (Å²) in [5, 5.41) is 0. The fraction of sp³-hybridized carbons (Fsp3) is 0.500. The molecule has 0 unspecified atom stereocenters. The highest BCUT2D eigenvalue weighted by atomic mass is 17.4. The van der Waals surface area contributed by atoms with Gasteiger partial charge in [0.2, 0.25) is 0 Å². The summed E-state index contributed by atoms with van der Waals surface area (Å²) < 4.78 is 0. The summed E-state index contributed by atoms with van der Waals surface area (Å²) in [5.41, 5.74) is 0. The van der Waals surface area contributed by atoms with E-state index in [2.05, 4.69) is 9.78 Å². The minimum absolute atomic E-state index is 0.667. The van der Waals surface area contributed by atoms with E-state index in [1.807, 2.05) is 0 Å². The Kier molecular flexibility index (Phi) is 0.242. The van der Waals surface area contributed by atoms with Crippen molar-refractivity contribution >= 4 is 0 Å². The van der Waals surface area contributed by atoms with Crippen molar-refractivity contribution in [2.24, 2.45) is 0 Å². The van der Waals surface area contributed by atoms with Gasteiger partial charge in [0.1, 0.15) is 0 Å². The molecule has 1 aliphatic heterocycles. The van der Waals surface area contributed by atoms with E-state index >= 15 is 0 Å². The van der Waals surface area contributed by atoms with Gasteiger partial charge < -0.3 is 0 Å². The molecule has 1 heterocycles. The van der Waals surface area contributed by atoms with Gasteiger partial charge in [-0.05, 0) is 0 Å². The van der Waals surface area contributed by atoms with Crippen molar-refractivity contribution in [2.45, 2.75) is 6.92 Å². The zero-order chi connectivity index (χ0) is 2.99. The Morgan fingerprint density at radius 3 is 1.75 bits per heavy atom. The Labute approximate surface area is 24.3 Å². The van der Waals surface area contributed by atoms with Crippen LogP contribution in [0.3, 0.4) is 0 Å². The zero-order valence-corrected chi connectivity index (χ0v) is 2.32. The van der Waals surface area contributed by atoms with Crippen molar-refractivity contribution < 1.29 is 9.78 Å². The molecule has 0 saturated carbocycles. The molecule has 1 radical (unpaired) electrons. The van der Waals surface area contributed by atoms with Crippen molar-refractivity contribution in [3.8, 4) is 0 Å². The lowest BCUT2D eigenvalue weighted by Gasteiger charge is -1.36. The molecule has 0 aliphatic carbocycles. The lowest BCUT2D eigenvalue weighted by atomic mass is 10.8. The monoisotopic (exact) mass is 59.0 g/mol. The molecule has 0 bridgehead atoms. The quantitative estimate of drug-likeness (QED) is 0.299.